The average molecular weight is 353 g/mol. The van der Waals surface area contributed by atoms with Gasteiger partial charge in [0.25, 0.3) is 0 Å². The van der Waals surface area contributed by atoms with Crippen molar-refractivity contribution < 1.29 is 0 Å². The molecule has 0 saturated heterocycles. The van der Waals surface area contributed by atoms with Gasteiger partial charge in [0, 0.05) is 22.2 Å². The first kappa shape index (κ1) is 14.8. The molecule has 0 aliphatic rings. The van der Waals surface area contributed by atoms with Gasteiger partial charge in [-0.15, -0.1) is 16.4 Å². The molecule has 0 saturated carbocycles. The Hall–Kier alpha value is -2.09. The molecule has 3 rings (SSSR count). The lowest BCUT2D eigenvalue weighted by Crippen LogP contribution is -2.21. The second-order valence-electron chi connectivity index (χ2n) is 4.29. The van der Waals surface area contributed by atoms with Crippen LogP contribution in [0.4, 0.5) is 0 Å². The third-order valence-corrected chi connectivity index (χ3v) is 4.14. The zero-order valence-corrected chi connectivity index (χ0v) is 13.4. The van der Waals surface area contributed by atoms with Crippen molar-refractivity contribution in [3.05, 3.63) is 45.5 Å². The molecule has 0 bridgehead atoms. The van der Waals surface area contributed by atoms with Crippen molar-refractivity contribution in [2.24, 2.45) is 21.7 Å². The molecule has 0 aliphatic heterocycles. The van der Waals surface area contributed by atoms with E-state index in [1.807, 2.05) is 22.0 Å². The maximum atomic E-state index is 6.27. The molecule has 0 unspecified atom stereocenters. The van der Waals surface area contributed by atoms with Crippen LogP contribution in [0.5, 0.6) is 0 Å². The summed E-state index contributed by atoms with van der Waals surface area (Å²) in [6, 6.07) is 5.24. The molecule has 22 heavy (non-hydrogen) atoms. The quantitative estimate of drug-likeness (QED) is 0.431. The normalized spacial score (nSPS) is 11.4. The van der Waals surface area contributed by atoms with E-state index in [1.54, 1.807) is 12.1 Å². The number of imidazole rings is 1. The summed E-state index contributed by atoms with van der Waals surface area (Å²) in [5.41, 5.74) is 12.7. The first-order chi connectivity index (χ1) is 10.6. The molecule has 0 atom stereocenters. The number of benzene rings is 1. The van der Waals surface area contributed by atoms with Gasteiger partial charge in [-0.05, 0) is 18.2 Å². The van der Waals surface area contributed by atoms with E-state index >= 15 is 0 Å². The number of nitrogens with two attached hydrogens (primary N) is 2. The Morgan fingerprint density at radius 3 is 2.86 bits per heavy atom. The molecular formula is C13H10Cl2N6S. The van der Waals surface area contributed by atoms with Gasteiger partial charge in [0.2, 0.25) is 5.96 Å². The minimum Gasteiger partial charge on any atom is -0.369 e. The van der Waals surface area contributed by atoms with E-state index in [9.17, 15) is 0 Å². The second-order valence-corrected chi connectivity index (χ2v) is 6.01. The fourth-order valence-electron chi connectivity index (χ4n) is 1.96. The topological polar surface area (TPSA) is 94.1 Å². The van der Waals surface area contributed by atoms with Gasteiger partial charge >= 0.3 is 0 Å². The van der Waals surface area contributed by atoms with E-state index in [1.165, 1.54) is 17.6 Å². The van der Waals surface area contributed by atoms with Crippen LogP contribution in [0.15, 0.2) is 40.0 Å². The third-order valence-electron chi connectivity index (χ3n) is 2.84. The summed E-state index contributed by atoms with van der Waals surface area (Å²) in [5, 5.41) is 10.5. The number of thiazole rings is 1. The van der Waals surface area contributed by atoms with E-state index in [4.69, 9.17) is 34.7 Å². The predicted molar refractivity (Wildman–Crippen MR) is 91.9 cm³/mol. The molecule has 0 spiro atoms. The molecule has 0 amide bonds. The van der Waals surface area contributed by atoms with Gasteiger partial charge in [0.1, 0.15) is 5.69 Å². The standard InChI is InChI=1S/C13H10Cl2N6S/c14-7-1-2-8(9(15)5-7)11-10(6-18-20-12(16)17)21-3-4-22-13(21)19-11/h1-6H,(H4,16,17,20)/b18-6+. The van der Waals surface area contributed by atoms with Gasteiger partial charge in [-0.1, -0.05) is 23.2 Å². The first-order valence-electron chi connectivity index (χ1n) is 6.09. The van der Waals surface area contributed by atoms with Crippen LogP contribution in [0, 0.1) is 0 Å². The molecule has 0 radical (unpaired) electrons. The lowest BCUT2D eigenvalue weighted by molar-refractivity contribution is 1.18. The number of hydrogen-bond acceptors (Lipinski definition) is 4. The van der Waals surface area contributed by atoms with Crippen LogP contribution < -0.4 is 11.5 Å². The van der Waals surface area contributed by atoms with Crippen LogP contribution in [-0.4, -0.2) is 21.6 Å². The molecule has 112 valence electrons. The summed E-state index contributed by atoms with van der Waals surface area (Å²) in [7, 11) is 0. The van der Waals surface area contributed by atoms with Crippen LogP contribution >= 0.6 is 34.5 Å². The van der Waals surface area contributed by atoms with Crippen molar-refractivity contribution in [3.8, 4) is 11.3 Å². The lowest BCUT2D eigenvalue weighted by atomic mass is 10.1. The number of rotatable bonds is 3. The molecule has 4 N–H and O–H groups in total. The number of nitrogens with zero attached hydrogens (tertiary/aromatic N) is 4. The van der Waals surface area contributed by atoms with Crippen molar-refractivity contribution >= 4 is 51.7 Å². The van der Waals surface area contributed by atoms with Gasteiger partial charge in [0.15, 0.2) is 4.96 Å². The highest BCUT2D eigenvalue weighted by atomic mass is 35.5. The van der Waals surface area contributed by atoms with E-state index in [2.05, 4.69) is 15.2 Å². The molecule has 0 aliphatic carbocycles. The fraction of sp³-hybridized carbons (Fsp3) is 0. The smallest absolute Gasteiger partial charge is 0.211 e. The highest BCUT2D eigenvalue weighted by molar-refractivity contribution is 7.15. The minimum atomic E-state index is -0.117. The second kappa shape index (κ2) is 5.96. The summed E-state index contributed by atoms with van der Waals surface area (Å²) in [6.45, 7) is 0. The first-order valence-corrected chi connectivity index (χ1v) is 7.73. The summed E-state index contributed by atoms with van der Waals surface area (Å²) in [5.74, 6) is -0.117. The Bertz CT molecular complexity index is 891. The predicted octanol–water partition coefficient (Wildman–Crippen LogP) is 2.98. The Balaban J connectivity index is 2.18. The van der Waals surface area contributed by atoms with Crippen molar-refractivity contribution in [2.45, 2.75) is 0 Å². The largest absolute Gasteiger partial charge is 0.369 e. The van der Waals surface area contributed by atoms with Crippen LogP contribution in [-0.2, 0) is 0 Å². The van der Waals surface area contributed by atoms with E-state index < -0.39 is 0 Å². The van der Waals surface area contributed by atoms with Gasteiger partial charge in [-0.2, -0.15) is 5.10 Å². The van der Waals surface area contributed by atoms with Crippen molar-refractivity contribution in [1.82, 2.24) is 9.38 Å². The fourth-order valence-corrected chi connectivity index (χ4v) is 3.18. The zero-order chi connectivity index (χ0) is 15.7. The molecule has 2 aromatic heterocycles. The van der Waals surface area contributed by atoms with Crippen molar-refractivity contribution in [1.29, 1.82) is 0 Å². The molecular weight excluding hydrogens is 343 g/mol. The SMILES string of the molecule is NC(N)=N/N=C/c1c(-c2ccc(Cl)cc2Cl)nc2sccn12. The van der Waals surface area contributed by atoms with E-state index in [-0.39, 0.29) is 5.96 Å². The highest BCUT2D eigenvalue weighted by Gasteiger charge is 2.16. The molecule has 6 nitrogen and oxygen atoms in total. The van der Waals surface area contributed by atoms with Crippen LogP contribution in [0.1, 0.15) is 5.69 Å². The summed E-state index contributed by atoms with van der Waals surface area (Å²) >= 11 is 13.7. The molecule has 9 heteroatoms. The zero-order valence-electron chi connectivity index (χ0n) is 11.1. The highest BCUT2D eigenvalue weighted by Crippen LogP contribution is 2.32. The van der Waals surface area contributed by atoms with Crippen molar-refractivity contribution in [2.75, 3.05) is 0 Å². The average Bonchev–Trinajstić information content (AvgIpc) is 3.01. The Kier molecular flexibility index (Phi) is 4.02. The van der Waals surface area contributed by atoms with Crippen molar-refractivity contribution in [3.63, 3.8) is 0 Å². The summed E-state index contributed by atoms with van der Waals surface area (Å²) < 4.78 is 1.89. The minimum absolute atomic E-state index is 0.117. The molecule has 3 aromatic rings. The maximum absolute atomic E-state index is 6.27. The maximum Gasteiger partial charge on any atom is 0.211 e. The Morgan fingerprint density at radius 2 is 2.14 bits per heavy atom. The van der Waals surface area contributed by atoms with Gasteiger partial charge in [0.05, 0.1) is 16.9 Å². The molecule has 0 fully saturated rings. The number of hydrogen-bond donors (Lipinski definition) is 2. The molecule has 2 heterocycles. The Labute approximate surface area is 139 Å². The number of fused-ring (bicyclic) bond motifs is 1. The third kappa shape index (κ3) is 2.78. The summed E-state index contributed by atoms with van der Waals surface area (Å²) in [6.07, 6.45) is 3.42. The molecule has 1 aromatic carbocycles. The van der Waals surface area contributed by atoms with Gasteiger partial charge in [-0.25, -0.2) is 4.98 Å². The van der Waals surface area contributed by atoms with Gasteiger partial charge < -0.3 is 11.5 Å². The van der Waals surface area contributed by atoms with Gasteiger partial charge in [-0.3, -0.25) is 4.40 Å². The number of guanidine groups is 1. The summed E-state index contributed by atoms with van der Waals surface area (Å²) in [4.78, 5) is 5.40. The Morgan fingerprint density at radius 1 is 1.32 bits per heavy atom. The van der Waals surface area contributed by atoms with Crippen LogP contribution in [0.2, 0.25) is 10.0 Å². The van der Waals surface area contributed by atoms with E-state index in [0.29, 0.717) is 15.7 Å². The lowest BCUT2D eigenvalue weighted by Gasteiger charge is -2.03. The number of halogens is 2. The monoisotopic (exact) mass is 352 g/mol. The number of aromatic nitrogens is 2. The van der Waals surface area contributed by atoms with Crippen LogP contribution in [0.25, 0.3) is 16.2 Å². The van der Waals surface area contributed by atoms with E-state index in [0.717, 1.165) is 16.2 Å². The van der Waals surface area contributed by atoms with Crippen LogP contribution in [0.3, 0.4) is 0 Å².